The van der Waals surface area contributed by atoms with Gasteiger partial charge >= 0.3 is 0 Å². The van der Waals surface area contributed by atoms with Crippen LogP contribution in [0.25, 0.3) is 0 Å². The first kappa shape index (κ1) is 21.0. The van der Waals surface area contributed by atoms with E-state index in [-0.39, 0.29) is 24.3 Å². The number of hydrogen-bond acceptors (Lipinski definition) is 7. The number of rotatable bonds is 9. The highest BCUT2D eigenvalue weighted by Crippen LogP contribution is 2.29. The molecule has 0 spiro atoms. The van der Waals surface area contributed by atoms with Crippen molar-refractivity contribution in [2.24, 2.45) is 0 Å². The Balaban J connectivity index is 2.19. The van der Waals surface area contributed by atoms with Gasteiger partial charge in [0.1, 0.15) is 6.61 Å². The van der Waals surface area contributed by atoms with Crippen LogP contribution in [0.2, 0.25) is 0 Å². The van der Waals surface area contributed by atoms with Crippen LogP contribution in [-0.2, 0) is 14.3 Å². The fourth-order valence-corrected chi connectivity index (χ4v) is 2.94. The van der Waals surface area contributed by atoms with Crippen molar-refractivity contribution in [1.82, 2.24) is 20.2 Å². The Labute approximate surface area is 160 Å². The van der Waals surface area contributed by atoms with E-state index in [4.69, 9.17) is 9.47 Å². The standard InChI is InChI=1S/C18H29N5O4/c1-5-27-12-15(24)23-8-6-13(11-23)16-14(17(25)19-7-9-26-4)10-20-18(21-16)22(2)3/h10,13H,5-9,11-12H2,1-4H3,(H,19,25). The number of amides is 2. The number of hydrogen-bond donors (Lipinski definition) is 1. The summed E-state index contributed by atoms with van der Waals surface area (Å²) >= 11 is 0. The number of likely N-dealkylation sites (tertiary alicyclic amines) is 1. The molecule has 2 rings (SSSR count). The van der Waals surface area contributed by atoms with Gasteiger partial charge in [-0.25, -0.2) is 9.97 Å². The van der Waals surface area contributed by atoms with Gasteiger partial charge in [0.25, 0.3) is 5.91 Å². The van der Waals surface area contributed by atoms with Crippen molar-refractivity contribution < 1.29 is 19.1 Å². The third-order valence-corrected chi connectivity index (χ3v) is 4.40. The Kier molecular flexibility index (Phi) is 7.93. The Morgan fingerprint density at radius 3 is 2.85 bits per heavy atom. The highest BCUT2D eigenvalue weighted by Gasteiger charge is 2.31. The van der Waals surface area contributed by atoms with Crippen LogP contribution < -0.4 is 10.2 Å². The average Bonchev–Trinajstić information content (AvgIpc) is 3.15. The number of carbonyl (C=O) groups is 2. The molecule has 1 unspecified atom stereocenters. The van der Waals surface area contributed by atoms with E-state index < -0.39 is 0 Å². The quantitative estimate of drug-likeness (QED) is 0.615. The molecule has 1 aliphatic heterocycles. The molecule has 0 radical (unpaired) electrons. The summed E-state index contributed by atoms with van der Waals surface area (Å²) in [6, 6.07) is 0. The molecular weight excluding hydrogens is 350 g/mol. The van der Waals surface area contributed by atoms with Crippen molar-refractivity contribution in [3.63, 3.8) is 0 Å². The molecule has 1 fully saturated rings. The zero-order valence-corrected chi connectivity index (χ0v) is 16.5. The minimum Gasteiger partial charge on any atom is -0.383 e. The van der Waals surface area contributed by atoms with Crippen LogP contribution in [0.15, 0.2) is 6.20 Å². The summed E-state index contributed by atoms with van der Waals surface area (Å²) < 4.78 is 10.2. The smallest absolute Gasteiger partial charge is 0.254 e. The minimum atomic E-state index is -0.230. The van der Waals surface area contributed by atoms with Crippen LogP contribution in [0.5, 0.6) is 0 Å². The van der Waals surface area contributed by atoms with Gasteiger partial charge in [0.05, 0.1) is 17.9 Å². The summed E-state index contributed by atoms with van der Waals surface area (Å²) in [5.74, 6) is 0.261. The maximum Gasteiger partial charge on any atom is 0.254 e. The molecule has 1 N–H and O–H groups in total. The summed E-state index contributed by atoms with van der Waals surface area (Å²) in [6.07, 6.45) is 2.31. The second-order valence-electron chi connectivity index (χ2n) is 6.57. The molecule has 0 saturated carbocycles. The molecule has 9 nitrogen and oxygen atoms in total. The van der Waals surface area contributed by atoms with Crippen LogP contribution in [0.4, 0.5) is 5.95 Å². The zero-order valence-electron chi connectivity index (χ0n) is 16.5. The maximum atomic E-state index is 12.6. The fourth-order valence-electron chi connectivity index (χ4n) is 2.94. The predicted octanol–water partition coefficient (Wildman–Crippen LogP) is 0.271. The first-order chi connectivity index (χ1) is 13.0. The van der Waals surface area contributed by atoms with Crippen LogP contribution >= 0.6 is 0 Å². The molecule has 1 aromatic rings. The molecule has 0 bridgehead atoms. The minimum absolute atomic E-state index is 0.0135. The summed E-state index contributed by atoms with van der Waals surface area (Å²) in [6.45, 7) is 4.44. The van der Waals surface area contributed by atoms with Crippen molar-refractivity contribution in [2.45, 2.75) is 19.3 Å². The lowest BCUT2D eigenvalue weighted by molar-refractivity contribution is -0.134. The van der Waals surface area contributed by atoms with Crippen molar-refractivity contribution in [3.05, 3.63) is 17.5 Å². The van der Waals surface area contributed by atoms with Crippen molar-refractivity contribution in [1.29, 1.82) is 0 Å². The SMILES string of the molecule is CCOCC(=O)N1CCC(c2nc(N(C)C)ncc2C(=O)NCCOC)C1. The van der Waals surface area contributed by atoms with E-state index in [1.165, 1.54) is 0 Å². The molecule has 0 aliphatic carbocycles. The van der Waals surface area contributed by atoms with Gasteiger partial charge < -0.3 is 24.6 Å². The van der Waals surface area contributed by atoms with Gasteiger partial charge in [-0.15, -0.1) is 0 Å². The van der Waals surface area contributed by atoms with E-state index in [1.807, 2.05) is 21.0 Å². The molecule has 2 heterocycles. The Morgan fingerprint density at radius 1 is 1.41 bits per heavy atom. The highest BCUT2D eigenvalue weighted by atomic mass is 16.5. The molecule has 0 aromatic carbocycles. The van der Waals surface area contributed by atoms with Gasteiger partial charge in [-0.3, -0.25) is 9.59 Å². The Hall–Kier alpha value is -2.26. The molecule has 27 heavy (non-hydrogen) atoms. The number of nitrogens with zero attached hydrogens (tertiary/aromatic N) is 4. The van der Waals surface area contributed by atoms with E-state index >= 15 is 0 Å². The lowest BCUT2D eigenvalue weighted by Gasteiger charge is -2.19. The number of nitrogens with one attached hydrogen (secondary N) is 1. The first-order valence-electron chi connectivity index (χ1n) is 9.14. The van der Waals surface area contributed by atoms with Gasteiger partial charge in [-0.05, 0) is 13.3 Å². The monoisotopic (exact) mass is 379 g/mol. The Morgan fingerprint density at radius 2 is 2.19 bits per heavy atom. The van der Waals surface area contributed by atoms with E-state index in [1.54, 1.807) is 23.1 Å². The predicted molar refractivity (Wildman–Crippen MR) is 101 cm³/mol. The summed E-state index contributed by atoms with van der Waals surface area (Å²) in [5, 5.41) is 2.82. The van der Waals surface area contributed by atoms with E-state index in [0.29, 0.717) is 50.1 Å². The second kappa shape index (κ2) is 10.2. The van der Waals surface area contributed by atoms with Gasteiger partial charge in [0.2, 0.25) is 11.9 Å². The second-order valence-corrected chi connectivity index (χ2v) is 6.57. The molecule has 2 amide bonds. The van der Waals surface area contributed by atoms with Gasteiger partial charge in [-0.2, -0.15) is 0 Å². The van der Waals surface area contributed by atoms with Crippen molar-refractivity contribution in [2.75, 3.05) is 65.6 Å². The zero-order chi connectivity index (χ0) is 19.8. The van der Waals surface area contributed by atoms with E-state index in [9.17, 15) is 9.59 Å². The number of ether oxygens (including phenoxy) is 2. The molecule has 1 atom stereocenters. The fraction of sp³-hybridized carbons (Fsp3) is 0.667. The lowest BCUT2D eigenvalue weighted by atomic mass is 10.00. The molecule has 1 saturated heterocycles. The summed E-state index contributed by atoms with van der Waals surface area (Å²) in [5.41, 5.74) is 1.12. The first-order valence-corrected chi connectivity index (χ1v) is 9.14. The normalized spacial score (nSPS) is 16.4. The van der Waals surface area contributed by atoms with Gasteiger partial charge in [0, 0.05) is 59.6 Å². The summed E-state index contributed by atoms with van der Waals surface area (Å²) in [7, 11) is 5.28. The van der Waals surface area contributed by atoms with E-state index in [2.05, 4.69) is 15.3 Å². The lowest BCUT2D eigenvalue weighted by Crippen LogP contribution is -2.32. The number of aromatic nitrogens is 2. The third-order valence-electron chi connectivity index (χ3n) is 4.40. The molecule has 9 heteroatoms. The molecule has 150 valence electrons. The third kappa shape index (κ3) is 5.61. The van der Waals surface area contributed by atoms with Crippen LogP contribution in [0.3, 0.4) is 0 Å². The average molecular weight is 379 g/mol. The molecule has 1 aliphatic rings. The van der Waals surface area contributed by atoms with Gasteiger partial charge in [-0.1, -0.05) is 0 Å². The van der Waals surface area contributed by atoms with Crippen LogP contribution in [0.1, 0.15) is 35.3 Å². The summed E-state index contributed by atoms with van der Waals surface area (Å²) in [4.78, 5) is 37.2. The highest BCUT2D eigenvalue weighted by molar-refractivity contribution is 5.95. The van der Waals surface area contributed by atoms with E-state index in [0.717, 1.165) is 6.42 Å². The number of anilines is 1. The van der Waals surface area contributed by atoms with Gasteiger partial charge in [0.15, 0.2) is 0 Å². The molecular formula is C18H29N5O4. The number of carbonyl (C=O) groups excluding carboxylic acids is 2. The Bertz CT molecular complexity index is 653. The van der Waals surface area contributed by atoms with Crippen molar-refractivity contribution >= 4 is 17.8 Å². The van der Waals surface area contributed by atoms with Crippen LogP contribution in [-0.4, -0.2) is 87.3 Å². The maximum absolute atomic E-state index is 12.6. The molecule has 1 aromatic heterocycles. The number of methoxy groups -OCH3 is 1. The topological polar surface area (TPSA) is 96.9 Å². The largest absolute Gasteiger partial charge is 0.383 e. The van der Waals surface area contributed by atoms with Crippen LogP contribution in [0, 0.1) is 0 Å². The van der Waals surface area contributed by atoms with Crippen molar-refractivity contribution in [3.8, 4) is 0 Å².